The predicted octanol–water partition coefficient (Wildman–Crippen LogP) is 0.831. The molecule has 8 heteroatoms. The maximum Gasteiger partial charge on any atom is 0.325 e. The number of urea groups is 1. The molecule has 3 atom stereocenters. The lowest BCUT2D eigenvalue weighted by Gasteiger charge is -2.42. The Morgan fingerprint density at radius 1 is 1.41 bits per heavy atom. The highest BCUT2D eigenvalue weighted by Gasteiger charge is 2.43. The molecule has 0 radical (unpaired) electrons. The standard InChI is InChI=1S/C19H26N4O4/c1-4-5-11-27-13(2)18(25)22(3)15-16(20)23(19(26)21-17(15)24)12-14-9-7-6-8-10-14/h4,6-10,13,15-16H,1,5,11-12,20H2,2-3H3,(H,21,24,26). The number of nitrogens with one attached hydrogen (secondary N) is 1. The smallest absolute Gasteiger partial charge is 0.325 e. The van der Waals surface area contributed by atoms with E-state index in [-0.39, 0.29) is 12.5 Å². The number of ether oxygens (including phenoxy) is 1. The molecule has 0 bridgehead atoms. The molecule has 1 fully saturated rings. The fraction of sp³-hybridized carbons (Fsp3) is 0.421. The van der Waals surface area contributed by atoms with E-state index in [1.807, 2.05) is 30.3 Å². The molecule has 27 heavy (non-hydrogen) atoms. The fourth-order valence-electron chi connectivity index (χ4n) is 2.90. The second-order valence-electron chi connectivity index (χ2n) is 6.38. The van der Waals surface area contributed by atoms with Crippen LogP contribution in [0.4, 0.5) is 4.79 Å². The molecular formula is C19H26N4O4. The van der Waals surface area contributed by atoms with Crippen LogP contribution >= 0.6 is 0 Å². The zero-order valence-electron chi connectivity index (χ0n) is 15.6. The maximum absolute atomic E-state index is 12.6. The Hall–Kier alpha value is -2.71. The number of hydrogen-bond donors (Lipinski definition) is 2. The lowest BCUT2D eigenvalue weighted by Crippen LogP contribution is -2.70. The van der Waals surface area contributed by atoms with Gasteiger partial charge in [-0.15, -0.1) is 6.58 Å². The molecule has 0 aromatic heterocycles. The Kier molecular flexibility index (Phi) is 7.09. The largest absolute Gasteiger partial charge is 0.368 e. The summed E-state index contributed by atoms with van der Waals surface area (Å²) >= 11 is 0. The van der Waals surface area contributed by atoms with Crippen LogP contribution in [0.5, 0.6) is 0 Å². The normalized spacial score (nSPS) is 20.8. The molecule has 1 aromatic rings. The van der Waals surface area contributed by atoms with Crippen LogP contribution in [0, 0.1) is 0 Å². The van der Waals surface area contributed by atoms with E-state index in [0.717, 1.165) is 5.56 Å². The van der Waals surface area contributed by atoms with Gasteiger partial charge >= 0.3 is 6.03 Å². The lowest BCUT2D eigenvalue weighted by molar-refractivity contribution is -0.150. The van der Waals surface area contributed by atoms with E-state index in [1.165, 1.54) is 16.8 Å². The molecule has 8 nitrogen and oxygen atoms in total. The average molecular weight is 374 g/mol. The van der Waals surface area contributed by atoms with Crippen molar-refractivity contribution in [1.82, 2.24) is 15.1 Å². The zero-order valence-corrected chi connectivity index (χ0v) is 15.6. The Balaban J connectivity index is 2.11. The van der Waals surface area contributed by atoms with Gasteiger partial charge in [-0.3, -0.25) is 14.9 Å². The molecule has 3 unspecified atom stereocenters. The van der Waals surface area contributed by atoms with E-state index >= 15 is 0 Å². The SMILES string of the molecule is C=CCCOC(C)C(=O)N(C)C1C(=O)NC(=O)N(Cc2ccccc2)C1N. The van der Waals surface area contributed by atoms with E-state index in [4.69, 9.17) is 10.5 Å². The summed E-state index contributed by atoms with van der Waals surface area (Å²) in [5, 5.41) is 2.28. The van der Waals surface area contributed by atoms with E-state index in [2.05, 4.69) is 11.9 Å². The summed E-state index contributed by atoms with van der Waals surface area (Å²) in [6.45, 7) is 5.79. The van der Waals surface area contributed by atoms with Crippen LogP contribution in [-0.4, -0.2) is 59.6 Å². The number of rotatable bonds is 8. The maximum atomic E-state index is 12.6. The third kappa shape index (κ3) is 4.93. The minimum Gasteiger partial charge on any atom is -0.368 e. The summed E-state index contributed by atoms with van der Waals surface area (Å²) in [5.74, 6) is -0.991. The van der Waals surface area contributed by atoms with Crippen molar-refractivity contribution < 1.29 is 19.1 Å². The quantitative estimate of drug-likeness (QED) is 0.518. The van der Waals surface area contributed by atoms with Crippen LogP contribution in [-0.2, 0) is 20.9 Å². The first-order chi connectivity index (χ1) is 12.9. The molecule has 0 aliphatic carbocycles. The second kappa shape index (κ2) is 9.29. The van der Waals surface area contributed by atoms with Crippen molar-refractivity contribution in [3.8, 4) is 0 Å². The van der Waals surface area contributed by atoms with Gasteiger partial charge < -0.3 is 20.3 Å². The van der Waals surface area contributed by atoms with Crippen LogP contribution in [0.15, 0.2) is 43.0 Å². The summed E-state index contributed by atoms with van der Waals surface area (Å²) in [7, 11) is 1.48. The van der Waals surface area contributed by atoms with E-state index in [0.29, 0.717) is 13.0 Å². The Labute approximate surface area is 158 Å². The molecule has 3 N–H and O–H groups in total. The number of imide groups is 1. The molecule has 1 heterocycles. The fourth-order valence-corrected chi connectivity index (χ4v) is 2.90. The van der Waals surface area contributed by atoms with Gasteiger partial charge in [0.1, 0.15) is 18.3 Å². The topological polar surface area (TPSA) is 105 Å². The molecule has 146 valence electrons. The van der Waals surface area contributed by atoms with Crippen molar-refractivity contribution in [3.63, 3.8) is 0 Å². The van der Waals surface area contributed by atoms with Gasteiger partial charge in [-0.05, 0) is 18.9 Å². The number of likely N-dealkylation sites (N-methyl/N-ethyl adjacent to an activating group) is 1. The summed E-state index contributed by atoms with van der Waals surface area (Å²) in [5.41, 5.74) is 7.08. The molecule has 1 aliphatic heterocycles. The van der Waals surface area contributed by atoms with Crippen molar-refractivity contribution >= 4 is 17.8 Å². The van der Waals surface area contributed by atoms with Gasteiger partial charge in [-0.1, -0.05) is 36.4 Å². The predicted molar refractivity (Wildman–Crippen MR) is 100 cm³/mol. The lowest BCUT2D eigenvalue weighted by atomic mass is 10.1. The number of nitrogens with two attached hydrogens (primary N) is 1. The highest BCUT2D eigenvalue weighted by molar-refractivity contribution is 6.02. The van der Waals surface area contributed by atoms with E-state index in [1.54, 1.807) is 13.0 Å². The number of nitrogens with zero attached hydrogens (tertiary/aromatic N) is 2. The summed E-state index contributed by atoms with van der Waals surface area (Å²) in [6, 6.07) is 7.69. The first-order valence-corrected chi connectivity index (χ1v) is 8.77. The van der Waals surface area contributed by atoms with Gasteiger partial charge in [0, 0.05) is 13.6 Å². The van der Waals surface area contributed by atoms with Crippen molar-refractivity contribution in [2.24, 2.45) is 5.73 Å². The van der Waals surface area contributed by atoms with Crippen LogP contribution in [0.1, 0.15) is 18.9 Å². The van der Waals surface area contributed by atoms with Crippen molar-refractivity contribution in [1.29, 1.82) is 0 Å². The molecule has 1 aromatic carbocycles. The average Bonchev–Trinajstić information content (AvgIpc) is 2.65. The first kappa shape index (κ1) is 20.6. The van der Waals surface area contributed by atoms with Crippen LogP contribution in [0.2, 0.25) is 0 Å². The number of carbonyl (C=O) groups is 3. The molecule has 0 spiro atoms. The summed E-state index contributed by atoms with van der Waals surface area (Å²) in [6.07, 6.45) is 0.596. The number of hydrogen-bond acceptors (Lipinski definition) is 5. The van der Waals surface area contributed by atoms with E-state index in [9.17, 15) is 14.4 Å². The number of amides is 4. The monoisotopic (exact) mass is 374 g/mol. The molecule has 4 amide bonds. The van der Waals surface area contributed by atoms with Gasteiger partial charge in [-0.25, -0.2) is 4.79 Å². The molecule has 0 saturated carbocycles. The third-order valence-electron chi connectivity index (χ3n) is 4.44. The van der Waals surface area contributed by atoms with Crippen molar-refractivity contribution in [3.05, 3.63) is 48.6 Å². The minimum absolute atomic E-state index is 0.227. The van der Waals surface area contributed by atoms with Gasteiger partial charge in [0.05, 0.1) is 6.61 Å². The van der Waals surface area contributed by atoms with Crippen molar-refractivity contribution in [2.45, 2.75) is 38.2 Å². The van der Waals surface area contributed by atoms with Gasteiger partial charge in [0.25, 0.3) is 11.8 Å². The molecular weight excluding hydrogens is 348 g/mol. The van der Waals surface area contributed by atoms with Crippen molar-refractivity contribution in [2.75, 3.05) is 13.7 Å². The molecule has 2 rings (SSSR count). The van der Waals surface area contributed by atoms with Crippen LogP contribution < -0.4 is 11.1 Å². The zero-order chi connectivity index (χ0) is 20.0. The Bertz CT molecular complexity index is 694. The first-order valence-electron chi connectivity index (χ1n) is 8.77. The Morgan fingerprint density at radius 3 is 2.70 bits per heavy atom. The van der Waals surface area contributed by atoms with E-state index < -0.39 is 30.2 Å². The third-order valence-corrected chi connectivity index (χ3v) is 4.44. The molecule has 1 aliphatic rings. The van der Waals surface area contributed by atoms with Gasteiger partial charge in [-0.2, -0.15) is 0 Å². The second-order valence-corrected chi connectivity index (χ2v) is 6.38. The summed E-state index contributed by atoms with van der Waals surface area (Å²) < 4.78 is 5.45. The highest BCUT2D eigenvalue weighted by Crippen LogP contribution is 2.17. The van der Waals surface area contributed by atoms with Crippen LogP contribution in [0.25, 0.3) is 0 Å². The molecule has 1 saturated heterocycles. The minimum atomic E-state index is -1.01. The van der Waals surface area contributed by atoms with Gasteiger partial charge in [0.2, 0.25) is 0 Å². The highest BCUT2D eigenvalue weighted by atomic mass is 16.5. The number of carbonyl (C=O) groups excluding carboxylic acids is 3. The summed E-state index contributed by atoms with van der Waals surface area (Å²) in [4.78, 5) is 39.8. The van der Waals surface area contributed by atoms with Crippen LogP contribution in [0.3, 0.4) is 0 Å². The number of benzene rings is 1. The Morgan fingerprint density at radius 2 is 2.07 bits per heavy atom. The van der Waals surface area contributed by atoms with Gasteiger partial charge in [0.15, 0.2) is 0 Å².